The van der Waals surface area contributed by atoms with Crippen molar-refractivity contribution in [1.82, 2.24) is 0 Å². The van der Waals surface area contributed by atoms with E-state index in [0.29, 0.717) is 5.58 Å². The summed E-state index contributed by atoms with van der Waals surface area (Å²) in [7, 11) is -10.7. The second-order valence-corrected chi connectivity index (χ2v) is 6.76. The van der Waals surface area contributed by atoms with Crippen LogP contribution >= 0.6 is 7.81 Å². The summed E-state index contributed by atoms with van der Waals surface area (Å²) in [6, 6.07) is 18.9. The summed E-state index contributed by atoms with van der Waals surface area (Å²) < 4.78 is 65.0. The van der Waals surface area contributed by atoms with Crippen molar-refractivity contribution in [2.24, 2.45) is 0 Å². The van der Waals surface area contributed by atoms with Gasteiger partial charge < -0.3 is 5.11 Å². The molecule has 0 aliphatic carbocycles. The van der Waals surface area contributed by atoms with Gasteiger partial charge >= 0.3 is 44.3 Å². The Hall–Kier alpha value is -2.34. The average Bonchev–Trinajstić information content (AvgIpc) is 2.44. The van der Waals surface area contributed by atoms with Gasteiger partial charge in [-0.25, -0.2) is 4.42 Å². The summed E-state index contributed by atoms with van der Waals surface area (Å²) in [5.74, 6) is 1.01. The summed E-state index contributed by atoms with van der Waals surface area (Å²) in [5, 5.41) is 10.4. The Morgan fingerprint density at radius 3 is 1.88 bits per heavy atom. The largest absolute Gasteiger partial charge is 0.508 e. The van der Waals surface area contributed by atoms with Crippen molar-refractivity contribution in [2.75, 3.05) is 0 Å². The fourth-order valence-corrected chi connectivity index (χ4v) is 1.82. The van der Waals surface area contributed by atoms with Crippen LogP contribution in [0.15, 0.2) is 65.1 Å². The maximum atomic E-state index is 9.87. The minimum atomic E-state index is -10.7. The van der Waals surface area contributed by atoms with E-state index in [1.165, 1.54) is 0 Å². The average molecular weight is 368 g/mol. The molecule has 0 aliphatic rings. The number of halogens is 6. The topological polar surface area (TPSA) is 31.5 Å². The second-order valence-electron chi connectivity index (χ2n) is 4.85. The number of rotatable bonds is 1. The van der Waals surface area contributed by atoms with Crippen LogP contribution in [0.5, 0.6) is 5.75 Å². The van der Waals surface area contributed by atoms with Crippen LogP contribution in [0.25, 0.3) is 22.3 Å². The molecule has 0 unspecified atom stereocenters. The molecule has 0 saturated carbocycles. The first kappa shape index (κ1) is 18.0. The summed E-state index contributed by atoms with van der Waals surface area (Å²) in [4.78, 5) is 0. The summed E-state index contributed by atoms with van der Waals surface area (Å²) in [5.41, 5.74) is 1.71. The molecule has 0 fully saturated rings. The van der Waals surface area contributed by atoms with Gasteiger partial charge in [-0.05, 0) is 30.3 Å². The number of hydrogen-bond acceptors (Lipinski definition) is 1. The summed E-state index contributed by atoms with van der Waals surface area (Å²) in [6.45, 7) is 0. The molecule has 0 saturated heterocycles. The maximum absolute atomic E-state index is 10.7. The van der Waals surface area contributed by atoms with Crippen LogP contribution in [0.4, 0.5) is 25.2 Å². The Balaban J connectivity index is 0.000000256. The van der Waals surface area contributed by atoms with Gasteiger partial charge in [-0.2, -0.15) is 0 Å². The number of fused-ring (bicyclic) bond motifs is 1. The molecule has 0 aliphatic heterocycles. The molecule has 0 amide bonds. The van der Waals surface area contributed by atoms with Gasteiger partial charge in [0.1, 0.15) is 5.75 Å². The Labute approximate surface area is 132 Å². The first-order chi connectivity index (χ1) is 10.8. The van der Waals surface area contributed by atoms with Crippen LogP contribution in [-0.2, 0) is 0 Å². The van der Waals surface area contributed by atoms with E-state index in [1.807, 2.05) is 48.5 Å². The predicted molar refractivity (Wildman–Crippen MR) is 81.3 cm³/mol. The third-order valence-electron chi connectivity index (χ3n) is 2.69. The first-order valence-electron chi connectivity index (χ1n) is 6.46. The molecule has 1 aromatic heterocycles. The molecule has 0 radical (unpaired) electrons. The molecular formula is C15H11F6O2P. The minimum absolute atomic E-state index is 0.214. The molecule has 0 atom stereocenters. The molecule has 3 aromatic rings. The minimum Gasteiger partial charge on any atom is -0.508 e. The fraction of sp³-hybridized carbons (Fsp3) is 0. The van der Waals surface area contributed by atoms with Crippen molar-refractivity contribution in [2.45, 2.75) is 0 Å². The van der Waals surface area contributed by atoms with E-state index in [2.05, 4.69) is 0 Å². The van der Waals surface area contributed by atoms with E-state index in [0.717, 1.165) is 16.7 Å². The summed E-state index contributed by atoms with van der Waals surface area (Å²) in [6.07, 6.45) is 0. The van der Waals surface area contributed by atoms with Gasteiger partial charge in [-0.1, -0.05) is 18.2 Å². The van der Waals surface area contributed by atoms with Crippen molar-refractivity contribution in [3.8, 4) is 17.1 Å². The Kier molecular flexibility index (Phi) is 4.01. The van der Waals surface area contributed by atoms with Crippen LogP contribution in [-0.4, -0.2) is 5.11 Å². The van der Waals surface area contributed by atoms with Crippen molar-refractivity contribution >= 4 is 18.8 Å². The van der Waals surface area contributed by atoms with Gasteiger partial charge in [0.2, 0.25) is 0 Å². The Morgan fingerprint density at radius 2 is 1.29 bits per heavy atom. The van der Waals surface area contributed by atoms with Crippen molar-refractivity contribution < 1.29 is 34.7 Å². The molecule has 3 rings (SSSR count). The Bertz CT molecular complexity index is 852. The third kappa shape index (κ3) is 6.83. The molecule has 2 aromatic carbocycles. The van der Waals surface area contributed by atoms with Crippen molar-refractivity contribution in [3.05, 3.63) is 60.7 Å². The van der Waals surface area contributed by atoms with Crippen LogP contribution in [0.3, 0.4) is 0 Å². The third-order valence-corrected chi connectivity index (χ3v) is 2.69. The zero-order chi connectivity index (χ0) is 18.1. The number of benzene rings is 2. The van der Waals surface area contributed by atoms with Crippen LogP contribution in [0.1, 0.15) is 0 Å². The smallest absolute Gasteiger partial charge is 0.364 e. The maximum Gasteiger partial charge on any atom is 0.364 e. The van der Waals surface area contributed by atoms with Crippen LogP contribution in [0, 0.1) is 0 Å². The van der Waals surface area contributed by atoms with E-state index >= 15 is 0 Å². The second kappa shape index (κ2) is 5.34. The van der Waals surface area contributed by atoms with Gasteiger partial charge in [0.05, 0.1) is 17.0 Å². The number of phenols is 1. The zero-order valence-corrected chi connectivity index (χ0v) is 12.7. The quantitative estimate of drug-likeness (QED) is 0.274. The predicted octanol–water partition coefficient (Wildman–Crippen LogP) is 7.47. The van der Waals surface area contributed by atoms with Crippen LogP contribution in [0.2, 0.25) is 0 Å². The monoisotopic (exact) mass is 368 g/mol. The number of hydrogen-bond donors (Lipinski definition) is 1. The molecule has 1 N–H and O–H groups in total. The fourth-order valence-electron chi connectivity index (χ4n) is 1.82. The van der Waals surface area contributed by atoms with Gasteiger partial charge in [-0.15, -0.1) is 0 Å². The normalized spacial score (nSPS) is 14.2. The molecule has 130 valence electrons. The van der Waals surface area contributed by atoms with Gasteiger partial charge in [0.25, 0.3) is 0 Å². The molecule has 0 spiro atoms. The Morgan fingerprint density at radius 1 is 0.750 bits per heavy atom. The first-order valence-corrected chi connectivity index (χ1v) is 8.48. The molecule has 9 heteroatoms. The summed E-state index contributed by atoms with van der Waals surface area (Å²) >= 11 is 0. The number of aromatic hydroxyl groups is 1. The van der Waals surface area contributed by atoms with Gasteiger partial charge in [0, 0.05) is 6.07 Å². The molecule has 0 bridgehead atoms. The van der Waals surface area contributed by atoms with E-state index in [9.17, 15) is 30.3 Å². The van der Waals surface area contributed by atoms with Crippen molar-refractivity contribution in [1.29, 1.82) is 0 Å². The van der Waals surface area contributed by atoms with E-state index in [-0.39, 0.29) is 5.75 Å². The SMILES string of the molecule is F[P-](F)(F)(F)(F)F.Oc1ccc2ccc(-c3ccccc3)[o+]c2c1. The van der Waals surface area contributed by atoms with Gasteiger partial charge in [-0.3, -0.25) is 0 Å². The molecule has 24 heavy (non-hydrogen) atoms. The van der Waals surface area contributed by atoms with E-state index in [4.69, 9.17) is 4.42 Å². The van der Waals surface area contributed by atoms with Gasteiger partial charge in [0.15, 0.2) is 0 Å². The molecule has 1 heterocycles. The van der Waals surface area contributed by atoms with E-state index in [1.54, 1.807) is 12.1 Å². The van der Waals surface area contributed by atoms with E-state index < -0.39 is 7.81 Å². The van der Waals surface area contributed by atoms with Crippen molar-refractivity contribution in [3.63, 3.8) is 0 Å². The molecule has 2 nitrogen and oxygen atoms in total. The zero-order valence-electron chi connectivity index (χ0n) is 11.8. The van der Waals surface area contributed by atoms with Crippen LogP contribution < -0.4 is 0 Å². The standard InChI is InChI=1S/C15H10O2.F6P/c16-13-8-6-12-7-9-14(17-15(12)10-13)11-4-2-1-3-5-11;1-7(2,3,4,5)6/h1-10H;/q;-1/p+1. The molecular weight excluding hydrogens is 357 g/mol. The number of phenolic OH excluding ortho intramolecular Hbond substituents is 1.